The lowest BCUT2D eigenvalue weighted by Crippen LogP contribution is -2.30. The predicted octanol–water partition coefficient (Wildman–Crippen LogP) is 3.42. The number of anilines is 1. The molecule has 2 heterocycles. The third-order valence-electron chi connectivity index (χ3n) is 4.49. The molecule has 0 spiro atoms. The van der Waals surface area contributed by atoms with Crippen LogP contribution in [0.25, 0.3) is 11.4 Å². The van der Waals surface area contributed by atoms with Crippen LogP contribution >= 0.6 is 11.6 Å². The third kappa shape index (κ3) is 4.35. The Morgan fingerprint density at radius 2 is 2.04 bits per heavy atom. The number of pyridine rings is 1. The summed E-state index contributed by atoms with van der Waals surface area (Å²) in [4.78, 5) is 23.4. The number of halogens is 1. The van der Waals surface area contributed by atoms with Crippen LogP contribution in [-0.4, -0.2) is 26.6 Å². The van der Waals surface area contributed by atoms with E-state index in [0.717, 1.165) is 5.56 Å². The molecule has 3 aromatic rings. The Hall–Kier alpha value is -2.70. The average Bonchev–Trinajstić information content (AvgIpc) is 2.64. The molecule has 140 valence electrons. The molecule has 0 fully saturated rings. The molecule has 1 aromatic carbocycles. The first-order valence-electron chi connectivity index (χ1n) is 8.52. The Bertz CT molecular complexity index is 1010. The van der Waals surface area contributed by atoms with E-state index in [1.165, 1.54) is 0 Å². The summed E-state index contributed by atoms with van der Waals surface area (Å²) in [7, 11) is 0. The molecule has 0 radical (unpaired) electrons. The number of H-pyrrole nitrogens is 1. The number of nitrogens with one attached hydrogen (secondary N) is 2. The number of benzene rings is 1. The van der Waals surface area contributed by atoms with Gasteiger partial charge in [0.05, 0.1) is 0 Å². The van der Waals surface area contributed by atoms with Gasteiger partial charge in [0.15, 0.2) is 0 Å². The minimum Gasteiger partial charge on any atom is -0.384 e. The van der Waals surface area contributed by atoms with Gasteiger partial charge in [0.25, 0.3) is 5.56 Å². The lowest BCUT2D eigenvalue weighted by Gasteiger charge is -2.24. The van der Waals surface area contributed by atoms with Crippen LogP contribution in [-0.2, 0) is 5.60 Å². The number of rotatable bonds is 5. The smallest absolute Gasteiger partial charge is 0.254 e. The van der Waals surface area contributed by atoms with Crippen molar-refractivity contribution in [1.29, 1.82) is 0 Å². The average molecular weight is 385 g/mol. The maximum Gasteiger partial charge on any atom is 0.254 e. The zero-order valence-corrected chi connectivity index (χ0v) is 16.1. The van der Waals surface area contributed by atoms with E-state index in [0.29, 0.717) is 33.5 Å². The van der Waals surface area contributed by atoms with E-state index >= 15 is 0 Å². The molecule has 7 heteroatoms. The number of aromatic nitrogens is 3. The van der Waals surface area contributed by atoms with E-state index in [1.54, 1.807) is 51.2 Å². The highest BCUT2D eigenvalue weighted by molar-refractivity contribution is 6.30. The first-order chi connectivity index (χ1) is 12.8. The van der Waals surface area contributed by atoms with Gasteiger partial charge in [-0.25, -0.2) is 9.97 Å². The summed E-state index contributed by atoms with van der Waals surface area (Å²) in [6, 6.07) is 10.7. The quantitative estimate of drug-likeness (QED) is 0.627. The monoisotopic (exact) mass is 384 g/mol. The van der Waals surface area contributed by atoms with Gasteiger partial charge in [-0.1, -0.05) is 23.7 Å². The van der Waals surface area contributed by atoms with Crippen LogP contribution < -0.4 is 10.9 Å². The summed E-state index contributed by atoms with van der Waals surface area (Å²) in [5, 5.41) is 14.4. The first kappa shape index (κ1) is 19.1. The zero-order valence-electron chi connectivity index (χ0n) is 15.4. The molecule has 6 nitrogen and oxygen atoms in total. The van der Waals surface area contributed by atoms with E-state index in [-0.39, 0.29) is 12.1 Å². The molecule has 2 aromatic heterocycles. The number of aryl methyl sites for hydroxylation is 1. The molecule has 0 amide bonds. The second-order valence-electron chi connectivity index (χ2n) is 6.69. The number of hydrogen-bond donors (Lipinski definition) is 3. The van der Waals surface area contributed by atoms with Crippen LogP contribution in [0.15, 0.2) is 47.4 Å². The van der Waals surface area contributed by atoms with Gasteiger partial charge < -0.3 is 15.4 Å². The minimum atomic E-state index is -1.11. The molecule has 3 N–H and O–H groups in total. The summed E-state index contributed by atoms with van der Waals surface area (Å²) in [5.74, 6) is 1.08. The molecule has 27 heavy (non-hydrogen) atoms. The lowest BCUT2D eigenvalue weighted by molar-refractivity contribution is 0.0714. The molecule has 3 rings (SSSR count). The van der Waals surface area contributed by atoms with E-state index in [4.69, 9.17) is 11.6 Å². The van der Waals surface area contributed by atoms with E-state index in [2.05, 4.69) is 20.3 Å². The summed E-state index contributed by atoms with van der Waals surface area (Å²) in [5.41, 5.74) is 1.46. The van der Waals surface area contributed by atoms with Gasteiger partial charge >= 0.3 is 0 Å². The van der Waals surface area contributed by atoms with Crippen molar-refractivity contribution in [1.82, 2.24) is 15.0 Å². The highest BCUT2D eigenvalue weighted by Gasteiger charge is 2.23. The van der Waals surface area contributed by atoms with Gasteiger partial charge in [-0.15, -0.1) is 0 Å². The topological polar surface area (TPSA) is 90.9 Å². The number of nitrogens with zero attached hydrogens (tertiary/aromatic N) is 2. The summed E-state index contributed by atoms with van der Waals surface area (Å²) in [6.07, 6.45) is 1.63. The second-order valence-corrected chi connectivity index (χ2v) is 7.13. The fourth-order valence-electron chi connectivity index (χ4n) is 2.61. The second kappa shape index (κ2) is 7.50. The van der Waals surface area contributed by atoms with Crippen LogP contribution in [0.5, 0.6) is 0 Å². The molecule has 1 atom stereocenters. The van der Waals surface area contributed by atoms with Crippen molar-refractivity contribution < 1.29 is 5.11 Å². The highest BCUT2D eigenvalue weighted by atomic mass is 35.5. The Kier molecular flexibility index (Phi) is 5.30. The van der Waals surface area contributed by atoms with Gasteiger partial charge in [0, 0.05) is 34.6 Å². The largest absolute Gasteiger partial charge is 0.384 e. The summed E-state index contributed by atoms with van der Waals surface area (Å²) >= 11 is 6.00. The van der Waals surface area contributed by atoms with Crippen LogP contribution in [0.1, 0.15) is 23.7 Å². The molecule has 0 saturated carbocycles. The standard InChI is InChI=1S/C20H21ClN4O2/c1-12-13(2)24-18(25-19(12)26)14-7-8-17(22-10-14)23-11-20(3,27)15-5-4-6-16(21)9-15/h4-10,27H,11H2,1-3H3,(H,22,23)(H,24,25,26). The first-order valence-corrected chi connectivity index (χ1v) is 8.90. The lowest BCUT2D eigenvalue weighted by atomic mass is 9.96. The van der Waals surface area contributed by atoms with Gasteiger partial charge in [-0.2, -0.15) is 0 Å². The maximum absolute atomic E-state index is 11.9. The number of aromatic amines is 1. The van der Waals surface area contributed by atoms with Crippen molar-refractivity contribution in [2.45, 2.75) is 26.4 Å². The van der Waals surface area contributed by atoms with E-state index in [9.17, 15) is 9.90 Å². The molecular formula is C20H21ClN4O2. The number of aliphatic hydroxyl groups is 1. The molecule has 0 saturated heterocycles. The van der Waals surface area contributed by atoms with Crippen molar-refractivity contribution in [2.75, 3.05) is 11.9 Å². The van der Waals surface area contributed by atoms with Crippen molar-refractivity contribution in [2.24, 2.45) is 0 Å². The Balaban J connectivity index is 1.74. The molecule has 0 bridgehead atoms. The highest BCUT2D eigenvalue weighted by Crippen LogP contribution is 2.24. The zero-order chi connectivity index (χ0) is 19.6. The van der Waals surface area contributed by atoms with Gasteiger partial charge in [0.2, 0.25) is 0 Å². The van der Waals surface area contributed by atoms with Crippen molar-refractivity contribution in [3.63, 3.8) is 0 Å². The molecule has 1 unspecified atom stereocenters. The molecule has 0 aliphatic rings. The fourth-order valence-corrected chi connectivity index (χ4v) is 2.80. The van der Waals surface area contributed by atoms with Crippen LogP contribution in [0.2, 0.25) is 5.02 Å². The van der Waals surface area contributed by atoms with Gasteiger partial charge in [-0.05, 0) is 50.6 Å². The SMILES string of the molecule is Cc1nc(-c2ccc(NCC(C)(O)c3cccc(Cl)c3)nc2)[nH]c(=O)c1C. The molecular weight excluding hydrogens is 364 g/mol. The predicted molar refractivity (Wildman–Crippen MR) is 107 cm³/mol. The Morgan fingerprint density at radius 3 is 2.67 bits per heavy atom. The fraction of sp³-hybridized carbons (Fsp3) is 0.250. The number of hydrogen-bond acceptors (Lipinski definition) is 5. The van der Waals surface area contributed by atoms with Crippen molar-refractivity contribution >= 4 is 17.4 Å². The van der Waals surface area contributed by atoms with Gasteiger partial charge in [-0.3, -0.25) is 4.79 Å². The minimum absolute atomic E-state index is 0.155. The molecule has 0 aliphatic carbocycles. The van der Waals surface area contributed by atoms with Crippen molar-refractivity contribution in [3.8, 4) is 11.4 Å². The Labute approximate surface area is 162 Å². The van der Waals surface area contributed by atoms with Gasteiger partial charge in [0.1, 0.15) is 17.2 Å². The maximum atomic E-state index is 11.9. The van der Waals surface area contributed by atoms with Crippen LogP contribution in [0, 0.1) is 13.8 Å². The van der Waals surface area contributed by atoms with E-state index in [1.807, 2.05) is 12.1 Å². The summed E-state index contributed by atoms with van der Waals surface area (Å²) in [6.45, 7) is 5.51. The third-order valence-corrected chi connectivity index (χ3v) is 4.73. The van der Waals surface area contributed by atoms with E-state index < -0.39 is 5.60 Å². The normalized spacial score (nSPS) is 13.2. The molecule has 0 aliphatic heterocycles. The Morgan fingerprint density at radius 1 is 1.26 bits per heavy atom. The van der Waals surface area contributed by atoms with Crippen LogP contribution in [0.3, 0.4) is 0 Å². The summed E-state index contributed by atoms with van der Waals surface area (Å²) < 4.78 is 0. The van der Waals surface area contributed by atoms with Crippen LogP contribution in [0.4, 0.5) is 5.82 Å². The van der Waals surface area contributed by atoms with Crippen molar-refractivity contribution in [3.05, 3.63) is 74.8 Å².